The van der Waals surface area contributed by atoms with Crippen LogP contribution in [0.25, 0.3) is 0 Å². The van der Waals surface area contributed by atoms with E-state index in [2.05, 4.69) is 0 Å². The van der Waals surface area contributed by atoms with Crippen LogP contribution in [0.2, 0.25) is 0 Å². The van der Waals surface area contributed by atoms with Crippen molar-refractivity contribution in [3.63, 3.8) is 0 Å². The number of aryl methyl sites for hydroxylation is 1. The molecule has 0 radical (unpaired) electrons. The molecule has 0 saturated heterocycles. The largest absolute Gasteiger partial charge is 0.243 e. The molecule has 0 heterocycles. The van der Waals surface area contributed by atoms with Crippen LogP contribution in [0.3, 0.4) is 0 Å². The molecule has 3 nitrogen and oxygen atoms in total. The van der Waals surface area contributed by atoms with Gasteiger partial charge in [-0.25, -0.2) is 8.42 Å². The van der Waals surface area contributed by atoms with Gasteiger partial charge in [0.2, 0.25) is 10.0 Å². The van der Waals surface area contributed by atoms with Crippen LogP contribution in [0.5, 0.6) is 0 Å². The van der Waals surface area contributed by atoms with E-state index in [4.69, 9.17) is 0 Å². The topological polar surface area (TPSA) is 37.4 Å². The molecule has 2 rings (SSSR count). The van der Waals surface area contributed by atoms with E-state index in [1.165, 1.54) is 4.31 Å². The molecular formula is C13H19NO2S. The Labute approximate surface area is 104 Å². The summed E-state index contributed by atoms with van der Waals surface area (Å²) >= 11 is 0. The van der Waals surface area contributed by atoms with E-state index in [1.54, 1.807) is 19.2 Å². The lowest BCUT2D eigenvalue weighted by atomic mass is 10.2. The van der Waals surface area contributed by atoms with Crippen LogP contribution in [0.1, 0.15) is 25.3 Å². The molecule has 4 heteroatoms. The third kappa shape index (κ3) is 2.38. The maximum absolute atomic E-state index is 12.5. The van der Waals surface area contributed by atoms with Crippen LogP contribution < -0.4 is 0 Å². The van der Waals surface area contributed by atoms with Crippen molar-refractivity contribution in [2.24, 2.45) is 5.92 Å². The van der Waals surface area contributed by atoms with E-state index >= 15 is 0 Å². The van der Waals surface area contributed by atoms with Crippen LogP contribution in [0, 0.1) is 12.8 Å². The predicted octanol–water partition coefficient (Wildman–Crippen LogP) is 2.41. The quantitative estimate of drug-likeness (QED) is 0.826. The number of rotatable bonds is 4. The van der Waals surface area contributed by atoms with Crippen LogP contribution in [-0.2, 0) is 10.0 Å². The maximum Gasteiger partial charge on any atom is 0.243 e. The summed E-state index contributed by atoms with van der Waals surface area (Å²) in [5.74, 6) is 0.541. The van der Waals surface area contributed by atoms with Gasteiger partial charge in [-0.1, -0.05) is 18.2 Å². The molecule has 1 atom stereocenters. The second-order valence-corrected chi connectivity index (χ2v) is 6.83. The Morgan fingerprint density at radius 1 is 1.29 bits per heavy atom. The van der Waals surface area contributed by atoms with Crippen molar-refractivity contribution < 1.29 is 8.42 Å². The Kier molecular flexibility index (Phi) is 3.27. The second kappa shape index (κ2) is 4.42. The van der Waals surface area contributed by atoms with E-state index in [-0.39, 0.29) is 6.04 Å². The van der Waals surface area contributed by atoms with Crippen molar-refractivity contribution in [3.05, 3.63) is 29.8 Å². The molecule has 0 spiro atoms. The predicted molar refractivity (Wildman–Crippen MR) is 68.3 cm³/mol. The minimum absolute atomic E-state index is 0.0969. The molecule has 1 aromatic carbocycles. The molecule has 1 unspecified atom stereocenters. The second-order valence-electron chi connectivity index (χ2n) is 4.86. The molecule has 0 bridgehead atoms. The molecule has 0 aliphatic heterocycles. The van der Waals surface area contributed by atoms with Crippen molar-refractivity contribution in [2.45, 2.75) is 37.6 Å². The number of benzene rings is 1. The molecule has 0 N–H and O–H groups in total. The van der Waals surface area contributed by atoms with E-state index in [0.717, 1.165) is 18.4 Å². The fourth-order valence-corrected chi connectivity index (χ4v) is 3.74. The third-order valence-corrected chi connectivity index (χ3v) is 5.73. The average molecular weight is 253 g/mol. The van der Waals surface area contributed by atoms with Gasteiger partial charge in [-0.2, -0.15) is 4.31 Å². The Bertz CT molecular complexity index is 506. The molecule has 17 heavy (non-hydrogen) atoms. The molecule has 1 aliphatic rings. The summed E-state index contributed by atoms with van der Waals surface area (Å²) in [6.45, 7) is 3.83. The van der Waals surface area contributed by atoms with Crippen molar-refractivity contribution >= 4 is 10.0 Å². The van der Waals surface area contributed by atoms with Gasteiger partial charge in [-0.05, 0) is 44.2 Å². The van der Waals surface area contributed by atoms with Crippen LogP contribution in [0.4, 0.5) is 0 Å². The standard InChI is InChI=1S/C13H19NO2S/c1-10-6-4-5-7-13(10)17(15,16)14(3)11(2)12-8-9-12/h4-7,11-12H,8-9H2,1-3H3. The summed E-state index contributed by atoms with van der Waals surface area (Å²) in [7, 11) is -1.66. The molecule has 0 aromatic heterocycles. The summed E-state index contributed by atoms with van der Waals surface area (Å²) < 4.78 is 26.4. The van der Waals surface area contributed by atoms with Gasteiger partial charge in [0, 0.05) is 13.1 Å². The molecule has 0 amide bonds. The van der Waals surface area contributed by atoms with Gasteiger partial charge in [0.25, 0.3) is 0 Å². The molecule has 1 aliphatic carbocycles. The van der Waals surface area contributed by atoms with E-state index in [1.807, 2.05) is 26.0 Å². The fraction of sp³-hybridized carbons (Fsp3) is 0.538. The van der Waals surface area contributed by atoms with E-state index < -0.39 is 10.0 Å². The Morgan fingerprint density at radius 3 is 2.41 bits per heavy atom. The first-order chi connectivity index (χ1) is 7.94. The number of hydrogen-bond donors (Lipinski definition) is 0. The zero-order chi connectivity index (χ0) is 12.6. The van der Waals surface area contributed by atoms with Crippen molar-refractivity contribution in [2.75, 3.05) is 7.05 Å². The summed E-state index contributed by atoms with van der Waals surface area (Å²) in [6.07, 6.45) is 2.30. The monoisotopic (exact) mass is 253 g/mol. The summed E-state index contributed by atoms with van der Waals surface area (Å²) in [5, 5.41) is 0. The Morgan fingerprint density at radius 2 is 1.88 bits per heavy atom. The highest BCUT2D eigenvalue weighted by molar-refractivity contribution is 7.89. The first kappa shape index (κ1) is 12.6. The van der Waals surface area contributed by atoms with Gasteiger partial charge in [-0.3, -0.25) is 0 Å². The van der Waals surface area contributed by atoms with Gasteiger partial charge in [-0.15, -0.1) is 0 Å². The van der Waals surface area contributed by atoms with Crippen LogP contribution >= 0.6 is 0 Å². The van der Waals surface area contributed by atoms with Gasteiger partial charge in [0.15, 0.2) is 0 Å². The molecule has 1 aromatic rings. The Balaban J connectivity index is 2.32. The van der Waals surface area contributed by atoms with Gasteiger partial charge in [0.05, 0.1) is 4.90 Å². The highest BCUT2D eigenvalue weighted by Gasteiger charge is 2.36. The zero-order valence-corrected chi connectivity index (χ0v) is 11.4. The maximum atomic E-state index is 12.5. The van der Waals surface area contributed by atoms with Crippen LogP contribution in [0.15, 0.2) is 29.2 Å². The van der Waals surface area contributed by atoms with E-state index in [0.29, 0.717) is 10.8 Å². The first-order valence-corrected chi connectivity index (χ1v) is 7.42. The van der Waals surface area contributed by atoms with Gasteiger partial charge in [0.1, 0.15) is 0 Å². The Hall–Kier alpha value is -0.870. The lowest BCUT2D eigenvalue weighted by Gasteiger charge is -2.24. The molecule has 94 valence electrons. The van der Waals surface area contributed by atoms with Crippen molar-refractivity contribution in [1.29, 1.82) is 0 Å². The van der Waals surface area contributed by atoms with Crippen molar-refractivity contribution in [1.82, 2.24) is 4.31 Å². The lowest BCUT2D eigenvalue weighted by Crippen LogP contribution is -2.36. The molecule has 1 fully saturated rings. The first-order valence-electron chi connectivity index (χ1n) is 5.98. The molecular weight excluding hydrogens is 234 g/mol. The van der Waals surface area contributed by atoms with Crippen LogP contribution in [-0.4, -0.2) is 25.8 Å². The highest BCUT2D eigenvalue weighted by atomic mass is 32.2. The summed E-state index contributed by atoms with van der Waals surface area (Å²) in [4.78, 5) is 0.426. The molecule has 1 saturated carbocycles. The average Bonchev–Trinajstić information content (AvgIpc) is 3.11. The smallest absolute Gasteiger partial charge is 0.207 e. The SMILES string of the molecule is Cc1ccccc1S(=O)(=O)N(C)C(C)C1CC1. The normalized spacial score (nSPS) is 18.4. The highest BCUT2D eigenvalue weighted by Crippen LogP contribution is 2.36. The van der Waals surface area contributed by atoms with E-state index in [9.17, 15) is 8.42 Å². The lowest BCUT2D eigenvalue weighted by molar-refractivity contribution is 0.357. The fourth-order valence-electron chi connectivity index (χ4n) is 2.10. The number of sulfonamides is 1. The summed E-state index contributed by atoms with van der Waals surface area (Å²) in [5.41, 5.74) is 0.808. The number of hydrogen-bond acceptors (Lipinski definition) is 2. The van der Waals surface area contributed by atoms with Crippen molar-refractivity contribution in [3.8, 4) is 0 Å². The third-order valence-electron chi connectivity index (χ3n) is 3.63. The minimum atomic E-state index is -3.34. The van der Waals surface area contributed by atoms with Gasteiger partial charge >= 0.3 is 0 Å². The van der Waals surface area contributed by atoms with Gasteiger partial charge < -0.3 is 0 Å². The number of nitrogens with zero attached hydrogens (tertiary/aromatic N) is 1. The minimum Gasteiger partial charge on any atom is -0.207 e. The zero-order valence-electron chi connectivity index (χ0n) is 10.6. The summed E-state index contributed by atoms with van der Waals surface area (Å²) in [6, 6.07) is 7.25.